The average Bonchev–Trinajstić information content (AvgIpc) is 2.10. The van der Waals surface area contributed by atoms with Gasteiger partial charge in [0.15, 0.2) is 9.84 Å². The van der Waals surface area contributed by atoms with Crippen LogP contribution in [0.15, 0.2) is 0 Å². The fourth-order valence-electron chi connectivity index (χ4n) is 1.23. The Labute approximate surface area is 109 Å². The van der Waals surface area contributed by atoms with Gasteiger partial charge in [0.25, 0.3) is 0 Å². The van der Waals surface area contributed by atoms with Gasteiger partial charge in [-0.3, -0.25) is 0 Å². The Hall–Kier alpha value is 0.220. The van der Waals surface area contributed by atoms with Crippen molar-refractivity contribution in [2.75, 3.05) is 30.9 Å². The largest absolute Gasteiger partial charge is 0.388 e. The Balaban J connectivity index is 4.03. The van der Waals surface area contributed by atoms with Gasteiger partial charge in [0.2, 0.25) is 0 Å². The van der Waals surface area contributed by atoms with Crippen LogP contribution in [0.2, 0.25) is 0 Å². The van der Waals surface area contributed by atoms with E-state index in [0.717, 1.165) is 0 Å². The van der Waals surface area contributed by atoms with Crippen LogP contribution in [0.3, 0.4) is 0 Å². The zero-order valence-corrected chi connectivity index (χ0v) is 13.0. The second-order valence-electron chi connectivity index (χ2n) is 5.54. The number of hydrogen-bond acceptors (Lipinski definition) is 5. The smallest absolute Gasteiger partial charge is 0.156 e. The first-order valence-corrected chi connectivity index (χ1v) is 8.71. The maximum Gasteiger partial charge on any atom is 0.156 e. The van der Waals surface area contributed by atoms with Crippen LogP contribution in [0.5, 0.6) is 0 Å². The van der Waals surface area contributed by atoms with Crippen molar-refractivity contribution < 1.29 is 13.5 Å². The van der Waals surface area contributed by atoms with Crippen LogP contribution in [0.4, 0.5) is 0 Å². The molecule has 1 atom stereocenters. The molecule has 0 heterocycles. The van der Waals surface area contributed by atoms with Gasteiger partial charge in [-0.25, -0.2) is 8.42 Å². The van der Waals surface area contributed by atoms with Crippen LogP contribution in [-0.2, 0) is 9.84 Å². The summed E-state index contributed by atoms with van der Waals surface area (Å²) in [5, 5.41) is 12.9. The topological polar surface area (TPSA) is 66.4 Å². The first-order valence-electron chi connectivity index (χ1n) is 5.66. The highest BCUT2D eigenvalue weighted by Crippen LogP contribution is 2.15. The summed E-state index contributed by atoms with van der Waals surface area (Å²) < 4.78 is 22.9. The van der Waals surface area contributed by atoms with E-state index in [9.17, 15) is 13.5 Å². The first kappa shape index (κ1) is 17.2. The molecule has 17 heavy (non-hydrogen) atoms. The summed E-state index contributed by atoms with van der Waals surface area (Å²) in [7, 11) is -3.08. The summed E-state index contributed by atoms with van der Waals surface area (Å²) in [6.45, 7) is 7.64. The van der Waals surface area contributed by atoms with Crippen molar-refractivity contribution >= 4 is 21.6 Å². The van der Waals surface area contributed by atoms with Crippen molar-refractivity contribution in [3.05, 3.63) is 0 Å². The van der Waals surface area contributed by atoms with Gasteiger partial charge in [0.1, 0.15) is 0 Å². The van der Waals surface area contributed by atoms with Gasteiger partial charge >= 0.3 is 0 Å². The minimum Gasteiger partial charge on any atom is -0.388 e. The van der Waals surface area contributed by atoms with Gasteiger partial charge in [-0.15, -0.1) is 0 Å². The molecule has 104 valence electrons. The van der Waals surface area contributed by atoms with Crippen molar-refractivity contribution in [1.82, 2.24) is 5.32 Å². The highest BCUT2D eigenvalue weighted by atomic mass is 32.2. The van der Waals surface area contributed by atoms with E-state index in [1.165, 1.54) is 0 Å². The van der Waals surface area contributed by atoms with E-state index in [4.69, 9.17) is 0 Å². The molecule has 0 amide bonds. The van der Waals surface area contributed by atoms with Crippen molar-refractivity contribution in [3.63, 3.8) is 0 Å². The van der Waals surface area contributed by atoms with Crippen LogP contribution in [0.1, 0.15) is 27.7 Å². The molecule has 0 saturated heterocycles. The number of rotatable bonds is 7. The molecule has 0 aromatic carbocycles. The van der Waals surface area contributed by atoms with Crippen LogP contribution >= 0.6 is 11.8 Å². The van der Waals surface area contributed by atoms with Crippen molar-refractivity contribution in [2.45, 2.75) is 38.0 Å². The predicted octanol–water partition coefficient (Wildman–Crippen LogP) is 0.903. The molecule has 0 aliphatic rings. The SMILES string of the molecule is CSCC(C)(O)CNCCS(=O)(=O)C(C)(C)C. The molecular formula is C11H25NO3S2. The molecule has 0 aromatic rings. The molecule has 0 aromatic heterocycles. The third-order valence-corrected chi connectivity index (χ3v) is 5.96. The third kappa shape index (κ3) is 6.64. The second kappa shape index (κ2) is 6.41. The molecule has 0 saturated carbocycles. The van der Waals surface area contributed by atoms with Gasteiger partial charge in [-0.2, -0.15) is 11.8 Å². The van der Waals surface area contributed by atoms with Gasteiger partial charge in [-0.05, 0) is 34.0 Å². The second-order valence-corrected chi connectivity index (χ2v) is 9.27. The molecule has 0 bridgehead atoms. The monoisotopic (exact) mass is 283 g/mol. The minimum atomic E-state index is -3.08. The fourth-order valence-corrected chi connectivity index (χ4v) is 2.98. The molecule has 0 spiro atoms. The number of sulfone groups is 1. The van der Waals surface area contributed by atoms with E-state index in [1.54, 1.807) is 39.5 Å². The number of hydrogen-bond donors (Lipinski definition) is 2. The van der Waals surface area contributed by atoms with Gasteiger partial charge in [0, 0.05) is 18.8 Å². The lowest BCUT2D eigenvalue weighted by atomic mass is 10.1. The summed E-state index contributed by atoms with van der Waals surface area (Å²) in [4.78, 5) is 0. The fraction of sp³-hybridized carbons (Fsp3) is 1.00. The van der Waals surface area contributed by atoms with E-state index in [-0.39, 0.29) is 5.75 Å². The van der Waals surface area contributed by atoms with Gasteiger partial charge in [0.05, 0.1) is 16.1 Å². The van der Waals surface area contributed by atoms with Crippen molar-refractivity contribution in [3.8, 4) is 0 Å². The predicted molar refractivity (Wildman–Crippen MR) is 75.4 cm³/mol. The van der Waals surface area contributed by atoms with Crippen molar-refractivity contribution in [2.24, 2.45) is 0 Å². The van der Waals surface area contributed by atoms with E-state index < -0.39 is 20.2 Å². The third-order valence-electron chi connectivity index (χ3n) is 2.44. The van der Waals surface area contributed by atoms with Gasteiger partial charge < -0.3 is 10.4 Å². The van der Waals surface area contributed by atoms with Crippen molar-refractivity contribution in [1.29, 1.82) is 0 Å². The summed E-state index contributed by atoms with van der Waals surface area (Å²) in [6.07, 6.45) is 1.93. The summed E-state index contributed by atoms with van der Waals surface area (Å²) >= 11 is 1.57. The Morgan fingerprint density at radius 3 is 2.18 bits per heavy atom. The number of aliphatic hydroxyl groups is 1. The lowest BCUT2D eigenvalue weighted by molar-refractivity contribution is 0.0856. The molecule has 0 aliphatic heterocycles. The van der Waals surface area contributed by atoms with E-state index in [2.05, 4.69) is 5.32 Å². The van der Waals surface area contributed by atoms with E-state index in [0.29, 0.717) is 18.8 Å². The molecular weight excluding hydrogens is 258 g/mol. The maximum absolute atomic E-state index is 11.8. The molecule has 4 nitrogen and oxygen atoms in total. The number of nitrogens with one attached hydrogen (secondary N) is 1. The van der Waals surface area contributed by atoms with E-state index >= 15 is 0 Å². The summed E-state index contributed by atoms with van der Waals surface area (Å²) in [5.74, 6) is 0.734. The average molecular weight is 283 g/mol. The molecule has 0 fully saturated rings. The zero-order chi connectivity index (χ0) is 13.7. The lowest BCUT2D eigenvalue weighted by Gasteiger charge is -2.23. The Kier molecular flexibility index (Phi) is 6.49. The Morgan fingerprint density at radius 2 is 1.76 bits per heavy atom. The zero-order valence-electron chi connectivity index (χ0n) is 11.4. The summed E-state index contributed by atoms with van der Waals surface area (Å²) in [5.41, 5.74) is -0.787. The molecule has 0 radical (unpaired) electrons. The highest BCUT2D eigenvalue weighted by molar-refractivity contribution is 7.98. The molecule has 1 unspecified atom stereocenters. The molecule has 6 heteroatoms. The van der Waals surface area contributed by atoms with Gasteiger partial charge in [-0.1, -0.05) is 0 Å². The maximum atomic E-state index is 11.8. The molecule has 0 aliphatic carbocycles. The normalized spacial score (nSPS) is 16.8. The molecule has 0 rings (SSSR count). The van der Waals surface area contributed by atoms with E-state index in [1.807, 2.05) is 6.26 Å². The lowest BCUT2D eigenvalue weighted by Crippen LogP contribution is -2.42. The molecule has 2 N–H and O–H groups in total. The van der Waals surface area contributed by atoms with Crippen LogP contribution in [0, 0.1) is 0 Å². The Bertz CT molecular complexity index is 318. The van der Waals surface area contributed by atoms with Crippen LogP contribution < -0.4 is 5.32 Å². The minimum absolute atomic E-state index is 0.103. The van der Waals surface area contributed by atoms with Crippen LogP contribution in [-0.4, -0.2) is 54.7 Å². The summed E-state index contributed by atoms with van der Waals surface area (Å²) in [6, 6.07) is 0. The number of thioether (sulfide) groups is 1. The Morgan fingerprint density at radius 1 is 1.24 bits per heavy atom. The highest BCUT2D eigenvalue weighted by Gasteiger charge is 2.28. The first-order chi connectivity index (χ1) is 7.52. The van der Waals surface area contributed by atoms with Crippen LogP contribution in [0.25, 0.3) is 0 Å². The standard InChI is InChI=1S/C11H25NO3S2/c1-10(2,3)17(14,15)7-6-12-8-11(4,13)9-16-5/h12-13H,6-9H2,1-5H3. The quantitative estimate of drug-likeness (QED) is 0.680.